The van der Waals surface area contributed by atoms with Crippen LogP contribution in [0, 0.1) is 0 Å². The number of epoxide rings is 1. The van der Waals surface area contributed by atoms with Crippen molar-refractivity contribution < 1.29 is 4.74 Å². The molecule has 2 aliphatic rings. The van der Waals surface area contributed by atoms with Crippen molar-refractivity contribution in [1.82, 2.24) is 0 Å². The Bertz CT molecular complexity index is 145. The molecule has 2 saturated heterocycles. The van der Waals surface area contributed by atoms with Gasteiger partial charge in [0.2, 0.25) is 0 Å². The van der Waals surface area contributed by atoms with E-state index in [4.69, 9.17) is 4.74 Å². The van der Waals surface area contributed by atoms with Crippen LogP contribution in [-0.2, 0) is 4.74 Å². The smallest absolute Gasteiger partial charge is 0.162 e. The van der Waals surface area contributed by atoms with E-state index in [1.165, 1.54) is 23.0 Å². The molecule has 11 heavy (non-hydrogen) atoms. The van der Waals surface area contributed by atoms with E-state index in [2.05, 4.69) is 6.92 Å². The van der Waals surface area contributed by atoms with Gasteiger partial charge in [-0.25, -0.2) is 0 Å². The van der Waals surface area contributed by atoms with Crippen molar-refractivity contribution in [2.75, 3.05) is 16.6 Å². The minimum atomic E-state index is 0.331. The zero-order valence-corrected chi connectivity index (χ0v) is 8.99. The topological polar surface area (TPSA) is 12.5 Å². The summed E-state index contributed by atoms with van der Waals surface area (Å²) < 4.78 is 5.33. The minimum absolute atomic E-state index is 0.331. The second-order valence-corrected chi connectivity index (χ2v) is 6.57. The number of ether oxygens (including phenoxy) is 1. The van der Waals surface area contributed by atoms with Gasteiger partial charge < -0.3 is 4.74 Å². The zero-order chi connectivity index (χ0) is 7.73. The van der Waals surface area contributed by atoms with Crippen LogP contribution in [0.2, 0.25) is 0 Å². The first kappa shape index (κ1) is 8.60. The van der Waals surface area contributed by atoms with Gasteiger partial charge in [-0.2, -0.15) is 11.8 Å². The van der Waals surface area contributed by atoms with Crippen molar-refractivity contribution in [2.45, 2.75) is 23.7 Å². The molecule has 0 bridgehead atoms. The molecule has 0 saturated carbocycles. The number of rotatable bonds is 6. The summed E-state index contributed by atoms with van der Waals surface area (Å²) in [6, 6.07) is 0. The first-order chi connectivity index (χ1) is 5.37. The van der Waals surface area contributed by atoms with Gasteiger partial charge in [-0.3, -0.25) is 0 Å². The van der Waals surface area contributed by atoms with E-state index in [9.17, 15) is 0 Å². The quantitative estimate of drug-likeness (QED) is 0.378. The minimum Gasteiger partial charge on any atom is -0.342 e. The van der Waals surface area contributed by atoms with Crippen molar-refractivity contribution >= 4 is 35.3 Å². The van der Waals surface area contributed by atoms with Crippen LogP contribution >= 0.6 is 35.3 Å². The van der Waals surface area contributed by atoms with Crippen LogP contribution in [-0.4, -0.2) is 27.0 Å². The standard InChI is InChI=1S/C7H12OS3/c1-2-3-9-5-10-4-7-6(8-7)11-7/h6H,2-5H2,1H3. The highest BCUT2D eigenvalue weighted by Crippen LogP contribution is 2.71. The third-order valence-electron chi connectivity index (χ3n) is 1.68. The van der Waals surface area contributed by atoms with Crippen LogP contribution in [0.1, 0.15) is 13.3 Å². The highest BCUT2D eigenvalue weighted by atomic mass is 32.2. The molecule has 2 unspecified atom stereocenters. The van der Waals surface area contributed by atoms with Gasteiger partial charge in [0, 0.05) is 10.8 Å². The maximum Gasteiger partial charge on any atom is 0.162 e. The number of thioether (sulfide) groups is 3. The SMILES string of the molecule is CCCSCSCC12OC1S2. The average Bonchev–Trinajstić information content (AvgIpc) is 2.75. The van der Waals surface area contributed by atoms with Crippen molar-refractivity contribution in [3.63, 3.8) is 0 Å². The Kier molecular flexibility index (Phi) is 2.66. The zero-order valence-electron chi connectivity index (χ0n) is 6.54. The molecule has 2 aliphatic heterocycles. The fourth-order valence-corrected chi connectivity index (χ4v) is 4.19. The second kappa shape index (κ2) is 3.40. The maximum absolute atomic E-state index is 5.33. The molecule has 0 radical (unpaired) electrons. The third-order valence-corrected chi connectivity index (χ3v) is 5.81. The fraction of sp³-hybridized carbons (Fsp3) is 1.00. The number of hydrogen-bond donors (Lipinski definition) is 0. The summed E-state index contributed by atoms with van der Waals surface area (Å²) in [6.45, 7) is 2.23. The molecule has 1 nitrogen and oxygen atoms in total. The molecular formula is C7H12OS3. The average molecular weight is 208 g/mol. The molecule has 4 heteroatoms. The second-order valence-electron chi connectivity index (χ2n) is 2.75. The highest BCUT2D eigenvalue weighted by Gasteiger charge is 2.74. The van der Waals surface area contributed by atoms with Crippen LogP contribution < -0.4 is 0 Å². The van der Waals surface area contributed by atoms with Crippen molar-refractivity contribution in [1.29, 1.82) is 0 Å². The summed E-state index contributed by atoms with van der Waals surface area (Å²) >= 11 is 6.04. The molecule has 0 aromatic rings. The molecule has 2 atom stereocenters. The summed E-state index contributed by atoms with van der Waals surface area (Å²) in [5.74, 6) is 2.51. The summed E-state index contributed by atoms with van der Waals surface area (Å²) in [5, 5.41) is 1.24. The van der Waals surface area contributed by atoms with Gasteiger partial charge in [-0.05, 0) is 12.2 Å². The molecule has 0 aromatic carbocycles. The lowest BCUT2D eigenvalue weighted by atomic mass is 10.6. The van der Waals surface area contributed by atoms with Crippen LogP contribution in [0.3, 0.4) is 0 Å². The largest absolute Gasteiger partial charge is 0.342 e. The van der Waals surface area contributed by atoms with Crippen LogP contribution in [0.25, 0.3) is 0 Å². The van der Waals surface area contributed by atoms with E-state index in [1.807, 2.05) is 35.3 Å². The summed E-state index contributed by atoms with van der Waals surface area (Å²) in [6.07, 6.45) is 1.30. The third kappa shape index (κ3) is 2.02. The van der Waals surface area contributed by atoms with E-state index >= 15 is 0 Å². The lowest BCUT2D eigenvalue weighted by molar-refractivity contribution is 0.374. The van der Waals surface area contributed by atoms with Gasteiger partial charge in [0.15, 0.2) is 4.93 Å². The van der Waals surface area contributed by atoms with Gasteiger partial charge in [-0.1, -0.05) is 18.7 Å². The van der Waals surface area contributed by atoms with Crippen molar-refractivity contribution in [3.8, 4) is 0 Å². The summed E-state index contributed by atoms with van der Waals surface area (Å²) in [4.78, 5) is 0.331. The molecule has 2 rings (SSSR count). The van der Waals surface area contributed by atoms with Gasteiger partial charge in [0.25, 0.3) is 0 Å². The van der Waals surface area contributed by atoms with Crippen LogP contribution in [0.4, 0.5) is 0 Å². The Morgan fingerprint density at radius 3 is 2.82 bits per heavy atom. The highest BCUT2D eigenvalue weighted by molar-refractivity contribution is 8.17. The molecule has 0 spiro atoms. The first-order valence-corrected chi connectivity index (χ1v) is 7.07. The Morgan fingerprint density at radius 1 is 1.55 bits per heavy atom. The van der Waals surface area contributed by atoms with Crippen molar-refractivity contribution in [3.05, 3.63) is 0 Å². The number of hydrogen-bond acceptors (Lipinski definition) is 4. The first-order valence-electron chi connectivity index (χ1n) is 3.88. The Labute approximate surface area is 80.4 Å². The normalized spacial score (nSPS) is 38.5. The number of fused-ring (bicyclic) bond motifs is 1. The van der Waals surface area contributed by atoms with Crippen LogP contribution in [0.5, 0.6) is 0 Å². The molecule has 2 fully saturated rings. The van der Waals surface area contributed by atoms with Gasteiger partial charge in [0.05, 0.1) is 0 Å². The van der Waals surface area contributed by atoms with E-state index in [-0.39, 0.29) is 0 Å². The maximum atomic E-state index is 5.33. The van der Waals surface area contributed by atoms with E-state index in [0.29, 0.717) is 10.4 Å². The molecule has 0 aliphatic carbocycles. The van der Waals surface area contributed by atoms with Crippen molar-refractivity contribution in [2.24, 2.45) is 0 Å². The van der Waals surface area contributed by atoms with Gasteiger partial charge in [-0.15, -0.1) is 11.8 Å². The predicted octanol–water partition coefficient (Wildman–Crippen LogP) is 2.62. The summed E-state index contributed by atoms with van der Waals surface area (Å²) in [7, 11) is 0. The molecule has 0 amide bonds. The van der Waals surface area contributed by atoms with Gasteiger partial charge in [0.1, 0.15) is 5.44 Å². The van der Waals surface area contributed by atoms with E-state index in [0.717, 1.165) is 0 Å². The molecule has 2 heterocycles. The lowest BCUT2D eigenvalue weighted by Crippen LogP contribution is -1.96. The Morgan fingerprint density at radius 2 is 2.27 bits per heavy atom. The van der Waals surface area contributed by atoms with E-state index in [1.54, 1.807) is 0 Å². The Balaban J connectivity index is 1.42. The van der Waals surface area contributed by atoms with E-state index < -0.39 is 0 Å². The van der Waals surface area contributed by atoms with Gasteiger partial charge >= 0.3 is 0 Å². The molecule has 64 valence electrons. The lowest BCUT2D eigenvalue weighted by Gasteiger charge is -2.00. The van der Waals surface area contributed by atoms with Crippen LogP contribution in [0.15, 0.2) is 0 Å². The Hall–Kier alpha value is 1.01. The predicted molar refractivity (Wildman–Crippen MR) is 55.3 cm³/mol. The molecule has 0 N–H and O–H groups in total. The fourth-order valence-electron chi connectivity index (χ4n) is 0.885. The molecular weight excluding hydrogens is 196 g/mol. The summed E-state index contributed by atoms with van der Waals surface area (Å²) in [5.41, 5.74) is 0.603. The molecule has 0 aromatic heterocycles. The monoisotopic (exact) mass is 208 g/mol.